The highest BCUT2D eigenvalue weighted by Gasteiger charge is 2.00. The van der Waals surface area contributed by atoms with E-state index in [2.05, 4.69) is 22.7 Å². The van der Waals surface area contributed by atoms with Crippen molar-refractivity contribution in [3.8, 4) is 0 Å². The fourth-order valence-electron chi connectivity index (χ4n) is 0.625. The Morgan fingerprint density at radius 3 is 2.62 bits per heavy atom. The summed E-state index contributed by atoms with van der Waals surface area (Å²) in [6.07, 6.45) is 2.71. The molecule has 0 heterocycles. The average molecular weight is 185 g/mol. The standard InChI is InChI=1S/C8H15N3O2/c1-3-5-7(12)10-11-8(13)9-6-4-2/h4H,2-3,5-6H2,1H3,(H,10,12)(H2,9,11,13). The molecule has 0 aliphatic heterocycles. The largest absolute Gasteiger partial charge is 0.333 e. The normalized spacial score (nSPS) is 8.69. The number of carbonyl (C=O) groups is 2. The molecule has 0 aliphatic rings. The van der Waals surface area contributed by atoms with Crippen LogP contribution in [0.3, 0.4) is 0 Å². The Balaban J connectivity index is 3.45. The Labute approximate surface area is 77.5 Å². The van der Waals surface area contributed by atoms with Crippen LogP contribution in [-0.4, -0.2) is 18.5 Å². The molecule has 0 rings (SSSR count). The van der Waals surface area contributed by atoms with Gasteiger partial charge >= 0.3 is 6.03 Å². The van der Waals surface area contributed by atoms with Crippen LogP contribution in [0.25, 0.3) is 0 Å². The van der Waals surface area contributed by atoms with Crippen molar-refractivity contribution in [3.63, 3.8) is 0 Å². The summed E-state index contributed by atoms with van der Waals surface area (Å²) in [5.41, 5.74) is 4.46. The Morgan fingerprint density at radius 2 is 2.08 bits per heavy atom. The number of carbonyl (C=O) groups excluding carboxylic acids is 2. The number of rotatable bonds is 4. The number of hydrazine groups is 1. The van der Waals surface area contributed by atoms with Gasteiger partial charge in [0.15, 0.2) is 0 Å². The smallest absolute Gasteiger partial charge is 0.333 e. The van der Waals surface area contributed by atoms with E-state index in [9.17, 15) is 9.59 Å². The maximum atomic E-state index is 10.8. The van der Waals surface area contributed by atoms with Gasteiger partial charge in [-0.2, -0.15) is 0 Å². The molecular weight excluding hydrogens is 170 g/mol. The van der Waals surface area contributed by atoms with Gasteiger partial charge in [-0.1, -0.05) is 13.0 Å². The van der Waals surface area contributed by atoms with E-state index in [0.29, 0.717) is 13.0 Å². The fourth-order valence-corrected chi connectivity index (χ4v) is 0.625. The molecule has 0 atom stereocenters. The van der Waals surface area contributed by atoms with E-state index in [1.807, 2.05) is 6.92 Å². The molecule has 0 aromatic rings. The minimum atomic E-state index is -0.440. The van der Waals surface area contributed by atoms with Gasteiger partial charge < -0.3 is 5.32 Å². The van der Waals surface area contributed by atoms with E-state index >= 15 is 0 Å². The molecule has 5 heteroatoms. The summed E-state index contributed by atoms with van der Waals surface area (Å²) in [5.74, 6) is -0.198. The Bertz CT molecular complexity index is 192. The highest BCUT2D eigenvalue weighted by molar-refractivity contribution is 5.80. The van der Waals surface area contributed by atoms with Gasteiger partial charge in [-0.15, -0.1) is 6.58 Å². The highest BCUT2D eigenvalue weighted by Crippen LogP contribution is 1.83. The van der Waals surface area contributed by atoms with Crippen molar-refractivity contribution < 1.29 is 9.59 Å². The molecule has 0 spiro atoms. The SMILES string of the molecule is C=CCNC(=O)NNC(=O)CCC. The number of hydrogen-bond donors (Lipinski definition) is 3. The van der Waals surface area contributed by atoms with E-state index in [0.717, 1.165) is 6.42 Å². The molecule has 0 bridgehead atoms. The molecule has 3 N–H and O–H groups in total. The molecule has 0 unspecified atom stereocenters. The van der Waals surface area contributed by atoms with Gasteiger partial charge in [-0.25, -0.2) is 10.2 Å². The van der Waals surface area contributed by atoms with Crippen molar-refractivity contribution in [2.24, 2.45) is 0 Å². The van der Waals surface area contributed by atoms with Crippen LogP contribution in [0.2, 0.25) is 0 Å². The molecule has 0 saturated heterocycles. The molecule has 3 amide bonds. The van der Waals surface area contributed by atoms with Crippen LogP contribution in [0.15, 0.2) is 12.7 Å². The van der Waals surface area contributed by atoms with E-state index in [1.54, 1.807) is 6.08 Å². The van der Waals surface area contributed by atoms with Gasteiger partial charge in [0.05, 0.1) is 0 Å². The molecule has 13 heavy (non-hydrogen) atoms. The first-order chi connectivity index (χ1) is 6.20. The van der Waals surface area contributed by atoms with Gasteiger partial charge in [-0.3, -0.25) is 10.2 Å². The maximum Gasteiger partial charge on any atom is 0.333 e. The van der Waals surface area contributed by atoms with Crippen LogP contribution in [0, 0.1) is 0 Å². The summed E-state index contributed by atoms with van der Waals surface area (Å²) in [4.78, 5) is 21.7. The van der Waals surface area contributed by atoms with Crippen LogP contribution in [0.1, 0.15) is 19.8 Å². The molecule has 0 aromatic carbocycles. The summed E-state index contributed by atoms with van der Waals surface area (Å²) < 4.78 is 0. The monoisotopic (exact) mass is 185 g/mol. The van der Waals surface area contributed by atoms with Gasteiger partial charge in [0.1, 0.15) is 0 Å². The quantitative estimate of drug-likeness (QED) is 0.435. The summed E-state index contributed by atoms with van der Waals surface area (Å²) in [5, 5.41) is 2.45. The molecule has 0 aliphatic carbocycles. The van der Waals surface area contributed by atoms with E-state index in [-0.39, 0.29) is 5.91 Å². The molecule has 5 nitrogen and oxygen atoms in total. The van der Waals surface area contributed by atoms with Crippen molar-refractivity contribution in [3.05, 3.63) is 12.7 Å². The minimum Gasteiger partial charge on any atom is -0.333 e. The van der Waals surface area contributed by atoms with Gasteiger partial charge in [0.2, 0.25) is 5.91 Å². The number of nitrogens with one attached hydrogen (secondary N) is 3. The lowest BCUT2D eigenvalue weighted by Crippen LogP contribution is -2.46. The Kier molecular flexibility index (Phi) is 6.31. The zero-order valence-electron chi connectivity index (χ0n) is 7.72. The number of amides is 3. The van der Waals surface area contributed by atoms with Crippen LogP contribution in [-0.2, 0) is 4.79 Å². The Morgan fingerprint density at radius 1 is 1.38 bits per heavy atom. The van der Waals surface area contributed by atoms with Crippen LogP contribution in [0.5, 0.6) is 0 Å². The van der Waals surface area contributed by atoms with Crippen molar-refractivity contribution in [2.45, 2.75) is 19.8 Å². The lowest BCUT2D eigenvalue weighted by Gasteiger charge is -2.06. The van der Waals surface area contributed by atoms with Crippen molar-refractivity contribution in [2.75, 3.05) is 6.54 Å². The molecule has 74 valence electrons. The summed E-state index contributed by atoms with van der Waals surface area (Å²) in [7, 11) is 0. The lowest BCUT2D eigenvalue weighted by molar-refractivity contribution is -0.121. The summed E-state index contributed by atoms with van der Waals surface area (Å²) >= 11 is 0. The maximum absolute atomic E-state index is 10.8. The molecule has 0 fully saturated rings. The zero-order valence-corrected chi connectivity index (χ0v) is 7.72. The first-order valence-electron chi connectivity index (χ1n) is 4.14. The summed E-state index contributed by atoms with van der Waals surface area (Å²) in [6.45, 7) is 5.68. The third-order valence-corrected chi connectivity index (χ3v) is 1.20. The van der Waals surface area contributed by atoms with Crippen LogP contribution >= 0.6 is 0 Å². The fraction of sp³-hybridized carbons (Fsp3) is 0.500. The summed E-state index contributed by atoms with van der Waals surface area (Å²) in [6, 6.07) is -0.440. The van der Waals surface area contributed by atoms with Crippen molar-refractivity contribution in [1.29, 1.82) is 0 Å². The van der Waals surface area contributed by atoms with E-state index in [4.69, 9.17) is 0 Å². The number of hydrogen-bond acceptors (Lipinski definition) is 2. The van der Waals surface area contributed by atoms with E-state index in [1.165, 1.54) is 0 Å². The molecular formula is C8H15N3O2. The first-order valence-corrected chi connectivity index (χ1v) is 4.14. The second kappa shape index (κ2) is 7.15. The van der Waals surface area contributed by atoms with Crippen LogP contribution in [0.4, 0.5) is 4.79 Å². The van der Waals surface area contributed by atoms with Crippen molar-refractivity contribution in [1.82, 2.24) is 16.2 Å². The van der Waals surface area contributed by atoms with Gasteiger partial charge in [0.25, 0.3) is 0 Å². The lowest BCUT2D eigenvalue weighted by atomic mass is 10.3. The van der Waals surface area contributed by atoms with E-state index < -0.39 is 6.03 Å². The first kappa shape index (κ1) is 11.5. The second-order valence-corrected chi connectivity index (χ2v) is 2.42. The Hall–Kier alpha value is -1.52. The minimum absolute atomic E-state index is 0.198. The third-order valence-electron chi connectivity index (χ3n) is 1.20. The molecule has 0 saturated carbocycles. The zero-order chi connectivity index (χ0) is 10.1. The van der Waals surface area contributed by atoms with Gasteiger partial charge in [-0.05, 0) is 6.42 Å². The predicted molar refractivity (Wildman–Crippen MR) is 49.8 cm³/mol. The average Bonchev–Trinajstić information content (AvgIpc) is 2.12. The second-order valence-electron chi connectivity index (χ2n) is 2.42. The molecule has 0 aromatic heterocycles. The number of urea groups is 1. The highest BCUT2D eigenvalue weighted by atomic mass is 16.2. The van der Waals surface area contributed by atoms with Gasteiger partial charge in [0, 0.05) is 13.0 Å². The third kappa shape index (κ3) is 6.86. The molecule has 0 radical (unpaired) electrons. The van der Waals surface area contributed by atoms with Crippen molar-refractivity contribution >= 4 is 11.9 Å². The topological polar surface area (TPSA) is 70.2 Å². The predicted octanol–water partition coefficient (Wildman–Crippen LogP) is 0.303. The van der Waals surface area contributed by atoms with Crippen LogP contribution < -0.4 is 16.2 Å².